The van der Waals surface area contributed by atoms with Gasteiger partial charge in [0.25, 0.3) is 0 Å². The van der Waals surface area contributed by atoms with Crippen LogP contribution in [0, 0.1) is 5.82 Å². The molecule has 2 aromatic carbocycles. The monoisotopic (exact) mass is 297 g/mol. The Hall–Kier alpha value is -2.42. The highest BCUT2D eigenvalue weighted by Gasteiger charge is 2.13. The van der Waals surface area contributed by atoms with Crippen LogP contribution in [-0.4, -0.2) is 5.78 Å². The molecule has 22 heavy (non-hydrogen) atoms. The van der Waals surface area contributed by atoms with Crippen molar-refractivity contribution in [2.24, 2.45) is 0 Å². The number of hydrogen-bond acceptors (Lipinski definition) is 2. The Morgan fingerprint density at radius 3 is 2.14 bits per heavy atom. The molecule has 0 aliphatic heterocycles. The minimum atomic E-state index is -0.287. The number of benzene rings is 2. The van der Waals surface area contributed by atoms with E-state index in [1.165, 1.54) is 23.8 Å². The van der Waals surface area contributed by atoms with Crippen molar-refractivity contribution < 1.29 is 9.18 Å². The molecule has 114 valence electrons. The highest BCUT2D eigenvalue weighted by Crippen LogP contribution is 2.22. The summed E-state index contributed by atoms with van der Waals surface area (Å²) in [6.07, 6.45) is 3.03. The topological polar surface area (TPSA) is 29.1 Å². The van der Waals surface area contributed by atoms with Crippen LogP contribution in [0.1, 0.15) is 36.7 Å². The van der Waals surface area contributed by atoms with Gasteiger partial charge in [-0.2, -0.15) is 0 Å². The normalized spacial score (nSPS) is 11.6. The number of halogens is 1. The maximum absolute atomic E-state index is 12.8. The van der Waals surface area contributed by atoms with Crippen LogP contribution in [0.4, 0.5) is 10.1 Å². The van der Waals surface area contributed by atoms with Gasteiger partial charge in [-0.3, -0.25) is 4.79 Å². The number of nitrogens with one attached hydrogen (secondary N) is 1. The van der Waals surface area contributed by atoms with E-state index >= 15 is 0 Å². The molecular weight excluding hydrogens is 277 g/mol. The van der Waals surface area contributed by atoms with Crippen molar-refractivity contribution in [3.05, 3.63) is 77.8 Å². The molecule has 0 fully saturated rings. The molecule has 0 aliphatic rings. The molecule has 2 rings (SSSR count). The zero-order valence-corrected chi connectivity index (χ0v) is 13.1. The molecule has 0 amide bonds. The van der Waals surface area contributed by atoms with Gasteiger partial charge in [0.05, 0.1) is 0 Å². The molecule has 2 nitrogen and oxygen atoms in total. The lowest BCUT2D eigenvalue weighted by molar-refractivity contribution is 0.104. The first-order valence-electron chi connectivity index (χ1n) is 7.20. The van der Waals surface area contributed by atoms with Crippen LogP contribution < -0.4 is 5.32 Å². The standard InChI is InChI=1S/C19H20FNO/c1-19(2,3)15-6-4-14(5-7-15)18(22)12-13-21-17-10-8-16(20)9-11-17/h4-13,21H,1-3H3/b13-12+. The van der Waals surface area contributed by atoms with Crippen molar-refractivity contribution in [3.63, 3.8) is 0 Å². The van der Waals surface area contributed by atoms with E-state index < -0.39 is 0 Å². The van der Waals surface area contributed by atoms with Crippen LogP contribution in [0.2, 0.25) is 0 Å². The molecule has 0 aromatic heterocycles. The average Bonchev–Trinajstić information content (AvgIpc) is 2.48. The summed E-state index contributed by atoms with van der Waals surface area (Å²) in [6, 6.07) is 13.6. The Morgan fingerprint density at radius 1 is 1.00 bits per heavy atom. The number of hydrogen-bond donors (Lipinski definition) is 1. The molecule has 0 bridgehead atoms. The molecule has 0 saturated carbocycles. The third-order valence-corrected chi connectivity index (χ3v) is 3.36. The number of carbonyl (C=O) groups excluding carboxylic acids is 1. The molecule has 0 saturated heterocycles. The van der Waals surface area contributed by atoms with Gasteiger partial charge in [0.15, 0.2) is 5.78 Å². The first kappa shape index (κ1) is 16.0. The van der Waals surface area contributed by atoms with E-state index in [1.807, 2.05) is 24.3 Å². The van der Waals surface area contributed by atoms with Gasteiger partial charge in [-0.15, -0.1) is 0 Å². The van der Waals surface area contributed by atoms with Crippen LogP contribution in [0.5, 0.6) is 0 Å². The zero-order chi connectivity index (χ0) is 16.2. The Kier molecular flexibility index (Phi) is 4.76. The Balaban J connectivity index is 1.99. The highest BCUT2D eigenvalue weighted by molar-refractivity contribution is 6.04. The first-order valence-corrected chi connectivity index (χ1v) is 7.20. The number of ketones is 1. The quantitative estimate of drug-likeness (QED) is 0.640. The lowest BCUT2D eigenvalue weighted by atomic mass is 9.86. The van der Waals surface area contributed by atoms with Crippen molar-refractivity contribution in [1.29, 1.82) is 0 Å². The fraction of sp³-hybridized carbons (Fsp3) is 0.211. The van der Waals surface area contributed by atoms with Crippen molar-refractivity contribution in [1.82, 2.24) is 0 Å². The minimum absolute atomic E-state index is 0.0710. The molecular formula is C19H20FNO. The molecule has 0 spiro atoms. The van der Waals surface area contributed by atoms with Gasteiger partial charge in [0.2, 0.25) is 0 Å². The van der Waals surface area contributed by atoms with E-state index in [-0.39, 0.29) is 17.0 Å². The minimum Gasteiger partial charge on any atom is -0.362 e. The maximum Gasteiger partial charge on any atom is 0.187 e. The predicted octanol–water partition coefficient (Wildman–Crippen LogP) is 4.93. The fourth-order valence-corrected chi connectivity index (χ4v) is 1.99. The highest BCUT2D eigenvalue weighted by atomic mass is 19.1. The number of rotatable bonds is 4. The SMILES string of the molecule is CC(C)(C)c1ccc(C(=O)/C=C/Nc2ccc(F)cc2)cc1. The second-order valence-electron chi connectivity index (χ2n) is 6.18. The number of carbonyl (C=O) groups is 1. The lowest BCUT2D eigenvalue weighted by Crippen LogP contribution is -2.11. The predicted molar refractivity (Wildman–Crippen MR) is 88.6 cm³/mol. The number of anilines is 1. The third kappa shape index (κ3) is 4.29. The van der Waals surface area contributed by atoms with Gasteiger partial charge in [-0.05, 0) is 35.2 Å². The van der Waals surface area contributed by atoms with E-state index in [0.717, 1.165) is 5.69 Å². The van der Waals surface area contributed by atoms with Gasteiger partial charge in [-0.1, -0.05) is 45.0 Å². The summed E-state index contributed by atoms with van der Waals surface area (Å²) >= 11 is 0. The summed E-state index contributed by atoms with van der Waals surface area (Å²) < 4.78 is 12.8. The summed E-state index contributed by atoms with van der Waals surface area (Å²) in [5.74, 6) is -0.361. The molecule has 0 aliphatic carbocycles. The Morgan fingerprint density at radius 2 is 1.59 bits per heavy atom. The van der Waals surface area contributed by atoms with Crippen LogP contribution in [0.15, 0.2) is 60.8 Å². The summed E-state index contributed by atoms with van der Waals surface area (Å²) in [5, 5.41) is 2.94. The van der Waals surface area contributed by atoms with E-state index in [4.69, 9.17) is 0 Å². The van der Waals surface area contributed by atoms with E-state index in [2.05, 4.69) is 26.1 Å². The first-order chi connectivity index (χ1) is 10.4. The zero-order valence-electron chi connectivity index (χ0n) is 13.1. The van der Waals surface area contributed by atoms with E-state index in [1.54, 1.807) is 18.3 Å². The van der Waals surface area contributed by atoms with E-state index in [0.29, 0.717) is 5.56 Å². The second-order valence-corrected chi connectivity index (χ2v) is 6.18. The van der Waals surface area contributed by atoms with Gasteiger partial charge in [0, 0.05) is 23.5 Å². The van der Waals surface area contributed by atoms with Crippen molar-refractivity contribution in [2.45, 2.75) is 26.2 Å². The molecule has 0 heterocycles. The largest absolute Gasteiger partial charge is 0.362 e. The molecule has 0 unspecified atom stereocenters. The summed E-state index contributed by atoms with van der Waals surface area (Å²) in [6.45, 7) is 6.41. The number of allylic oxidation sites excluding steroid dienone is 1. The Bertz CT molecular complexity index is 664. The van der Waals surface area contributed by atoms with Gasteiger partial charge in [0.1, 0.15) is 5.82 Å². The van der Waals surface area contributed by atoms with Gasteiger partial charge < -0.3 is 5.32 Å². The van der Waals surface area contributed by atoms with Gasteiger partial charge >= 0.3 is 0 Å². The molecule has 1 N–H and O–H groups in total. The van der Waals surface area contributed by atoms with Crippen molar-refractivity contribution in [2.75, 3.05) is 5.32 Å². The third-order valence-electron chi connectivity index (χ3n) is 3.36. The van der Waals surface area contributed by atoms with Crippen LogP contribution in [-0.2, 0) is 5.41 Å². The van der Waals surface area contributed by atoms with E-state index in [9.17, 15) is 9.18 Å². The van der Waals surface area contributed by atoms with Crippen LogP contribution in [0.25, 0.3) is 0 Å². The summed E-state index contributed by atoms with van der Waals surface area (Å²) in [7, 11) is 0. The lowest BCUT2D eigenvalue weighted by Gasteiger charge is -2.18. The van der Waals surface area contributed by atoms with Crippen molar-refractivity contribution in [3.8, 4) is 0 Å². The van der Waals surface area contributed by atoms with Gasteiger partial charge in [-0.25, -0.2) is 4.39 Å². The average molecular weight is 297 g/mol. The second kappa shape index (κ2) is 6.56. The molecule has 0 radical (unpaired) electrons. The molecule has 2 aromatic rings. The summed E-state index contributed by atoms with van der Waals surface area (Å²) in [5.41, 5.74) is 2.64. The molecule has 0 atom stereocenters. The molecule has 3 heteroatoms. The van der Waals surface area contributed by atoms with Crippen LogP contribution in [0.3, 0.4) is 0 Å². The Labute approximate surface area is 130 Å². The smallest absolute Gasteiger partial charge is 0.187 e. The summed E-state index contributed by atoms with van der Waals surface area (Å²) in [4.78, 5) is 12.1. The van der Waals surface area contributed by atoms with Crippen LogP contribution >= 0.6 is 0 Å². The maximum atomic E-state index is 12.8. The fourth-order valence-electron chi connectivity index (χ4n) is 1.99. The van der Waals surface area contributed by atoms with Crippen molar-refractivity contribution >= 4 is 11.5 Å².